The van der Waals surface area contributed by atoms with Crippen molar-refractivity contribution in [3.05, 3.63) is 102 Å². The number of aromatic nitrogens is 1. The average molecular weight is 479 g/mol. The van der Waals surface area contributed by atoms with Crippen LogP contribution in [-0.4, -0.2) is 28.3 Å². The first kappa shape index (κ1) is 22.8. The lowest BCUT2D eigenvalue weighted by Gasteiger charge is -2.26. The van der Waals surface area contributed by atoms with Crippen LogP contribution in [0.4, 0.5) is 16.2 Å². The Morgan fingerprint density at radius 3 is 2.36 bits per heavy atom. The van der Waals surface area contributed by atoms with E-state index in [2.05, 4.69) is 10.6 Å². The van der Waals surface area contributed by atoms with Crippen LogP contribution in [0.1, 0.15) is 11.1 Å². The van der Waals surface area contributed by atoms with Gasteiger partial charge >= 0.3 is 6.03 Å². The van der Waals surface area contributed by atoms with Crippen molar-refractivity contribution in [1.29, 1.82) is 0 Å². The topological polar surface area (TPSA) is 101 Å². The summed E-state index contributed by atoms with van der Waals surface area (Å²) >= 11 is 0. The molecule has 5 rings (SSSR count). The van der Waals surface area contributed by atoms with Crippen LogP contribution in [0.3, 0.4) is 0 Å². The van der Waals surface area contributed by atoms with E-state index in [1.54, 1.807) is 47.2 Å². The van der Waals surface area contributed by atoms with Crippen molar-refractivity contribution in [3.8, 4) is 0 Å². The smallest absolute Gasteiger partial charge is 0.335 e. The number of nitrogens with one attached hydrogen (secondary N) is 2. The summed E-state index contributed by atoms with van der Waals surface area (Å²) in [6.07, 6.45) is 3.18. The molecule has 3 aromatic carbocycles. The first-order valence-corrected chi connectivity index (χ1v) is 11.3. The number of fused-ring (bicyclic) bond motifs is 1. The number of carbonyl (C=O) groups is 4. The van der Waals surface area contributed by atoms with Gasteiger partial charge in [0.25, 0.3) is 11.8 Å². The number of carbonyl (C=O) groups excluding carboxylic acids is 4. The van der Waals surface area contributed by atoms with Gasteiger partial charge in [0.15, 0.2) is 0 Å². The number of imide groups is 2. The van der Waals surface area contributed by atoms with Crippen LogP contribution < -0.4 is 15.5 Å². The Balaban J connectivity index is 1.49. The summed E-state index contributed by atoms with van der Waals surface area (Å²) in [5.74, 6) is -1.71. The van der Waals surface area contributed by atoms with Crippen molar-refractivity contribution in [1.82, 2.24) is 9.88 Å². The van der Waals surface area contributed by atoms with E-state index >= 15 is 0 Å². The van der Waals surface area contributed by atoms with Gasteiger partial charge in [-0.3, -0.25) is 19.7 Å². The average Bonchev–Trinajstić information content (AvgIpc) is 3.20. The number of anilines is 2. The first-order chi connectivity index (χ1) is 17.4. The zero-order valence-electron chi connectivity index (χ0n) is 19.4. The minimum Gasteiger partial charge on any atom is -0.337 e. The highest BCUT2D eigenvalue weighted by molar-refractivity contribution is 6.39. The number of nitrogens with zero attached hydrogens (tertiary/aromatic N) is 2. The highest BCUT2D eigenvalue weighted by Crippen LogP contribution is 2.27. The molecule has 0 spiro atoms. The Labute approximate surface area is 206 Å². The first-order valence-electron chi connectivity index (χ1n) is 11.3. The van der Waals surface area contributed by atoms with Crippen molar-refractivity contribution in [2.45, 2.75) is 13.5 Å². The Bertz CT molecular complexity index is 1540. The number of benzene rings is 3. The molecule has 1 aliphatic rings. The zero-order chi connectivity index (χ0) is 25.2. The monoisotopic (exact) mass is 478 g/mol. The van der Waals surface area contributed by atoms with Crippen LogP contribution in [0, 0.1) is 6.92 Å². The van der Waals surface area contributed by atoms with Gasteiger partial charge in [-0.2, -0.15) is 0 Å². The number of urea groups is 1. The van der Waals surface area contributed by atoms with E-state index in [9.17, 15) is 19.2 Å². The maximum atomic E-state index is 13.3. The molecular formula is C28H22N4O4. The van der Waals surface area contributed by atoms with Crippen LogP contribution >= 0.6 is 0 Å². The van der Waals surface area contributed by atoms with E-state index in [1.807, 2.05) is 49.4 Å². The third-order valence-corrected chi connectivity index (χ3v) is 5.88. The molecule has 0 atom stereocenters. The van der Waals surface area contributed by atoms with E-state index < -0.39 is 17.8 Å². The van der Waals surface area contributed by atoms with E-state index in [-0.39, 0.29) is 18.0 Å². The third-order valence-electron chi connectivity index (χ3n) is 5.88. The highest BCUT2D eigenvalue weighted by atomic mass is 16.2. The Kier molecular flexibility index (Phi) is 5.92. The van der Waals surface area contributed by atoms with E-state index in [1.165, 1.54) is 6.08 Å². The van der Waals surface area contributed by atoms with Gasteiger partial charge in [-0.1, -0.05) is 54.1 Å². The number of rotatable bonds is 5. The van der Waals surface area contributed by atoms with Crippen LogP contribution in [0.2, 0.25) is 0 Å². The quantitative estimate of drug-likeness (QED) is 0.331. The zero-order valence-corrected chi connectivity index (χ0v) is 19.4. The largest absolute Gasteiger partial charge is 0.337 e. The third kappa shape index (κ3) is 4.39. The van der Waals surface area contributed by atoms with Gasteiger partial charge in [-0.15, -0.1) is 0 Å². The van der Waals surface area contributed by atoms with Crippen LogP contribution in [0.5, 0.6) is 0 Å². The minimum atomic E-state index is -0.800. The molecule has 1 aliphatic heterocycles. The second kappa shape index (κ2) is 9.34. The van der Waals surface area contributed by atoms with E-state index in [4.69, 9.17) is 0 Å². The van der Waals surface area contributed by atoms with Gasteiger partial charge in [0, 0.05) is 28.4 Å². The fraction of sp³-hybridized carbons (Fsp3) is 0.0714. The van der Waals surface area contributed by atoms with E-state index in [0.717, 1.165) is 21.4 Å². The molecule has 1 saturated heterocycles. The normalized spacial score (nSPS) is 14.9. The lowest BCUT2D eigenvalue weighted by molar-refractivity contribution is -0.122. The molecule has 0 bridgehead atoms. The number of hydrogen-bond acceptors (Lipinski definition) is 4. The molecule has 8 nitrogen and oxygen atoms in total. The lowest BCUT2D eigenvalue weighted by Crippen LogP contribution is -2.54. The lowest BCUT2D eigenvalue weighted by atomic mass is 10.1. The fourth-order valence-corrected chi connectivity index (χ4v) is 4.14. The van der Waals surface area contributed by atoms with Gasteiger partial charge in [0.2, 0.25) is 5.91 Å². The molecule has 0 aliphatic carbocycles. The molecule has 4 aromatic rings. The summed E-state index contributed by atoms with van der Waals surface area (Å²) in [5.41, 5.74) is 3.19. The van der Waals surface area contributed by atoms with Crippen molar-refractivity contribution in [3.63, 3.8) is 0 Å². The predicted molar refractivity (Wildman–Crippen MR) is 137 cm³/mol. The van der Waals surface area contributed by atoms with Gasteiger partial charge in [-0.05, 0) is 43.3 Å². The molecule has 2 N–H and O–H groups in total. The van der Waals surface area contributed by atoms with Crippen LogP contribution in [0.25, 0.3) is 17.0 Å². The number of aryl methyl sites for hydroxylation is 1. The van der Waals surface area contributed by atoms with Gasteiger partial charge in [0.1, 0.15) is 12.1 Å². The molecule has 178 valence electrons. The molecule has 8 heteroatoms. The Morgan fingerprint density at radius 1 is 0.917 bits per heavy atom. The summed E-state index contributed by atoms with van der Waals surface area (Å²) in [6.45, 7) is 1.93. The maximum Gasteiger partial charge on any atom is 0.335 e. The van der Waals surface area contributed by atoms with Gasteiger partial charge in [-0.25, -0.2) is 9.69 Å². The summed E-state index contributed by atoms with van der Waals surface area (Å²) < 4.78 is 1.76. The molecule has 5 amide bonds. The molecular weight excluding hydrogens is 456 g/mol. The Morgan fingerprint density at radius 2 is 1.61 bits per heavy atom. The van der Waals surface area contributed by atoms with Crippen LogP contribution in [-0.2, 0) is 20.9 Å². The summed E-state index contributed by atoms with van der Waals surface area (Å²) in [4.78, 5) is 52.0. The van der Waals surface area contributed by atoms with Crippen LogP contribution in [0.15, 0.2) is 90.6 Å². The highest BCUT2D eigenvalue weighted by Gasteiger charge is 2.37. The van der Waals surface area contributed by atoms with Crippen molar-refractivity contribution in [2.75, 3.05) is 10.2 Å². The molecule has 1 fully saturated rings. The number of para-hydroxylation sites is 2. The maximum absolute atomic E-state index is 13.3. The summed E-state index contributed by atoms with van der Waals surface area (Å²) in [5, 5.41) is 5.86. The molecule has 1 aromatic heterocycles. The van der Waals surface area contributed by atoms with Gasteiger partial charge < -0.3 is 9.88 Å². The molecule has 36 heavy (non-hydrogen) atoms. The number of barbiturate groups is 1. The van der Waals surface area contributed by atoms with Crippen molar-refractivity contribution >= 4 is 52.1 Å². The number of hydrogen-bond donors (Lipinski definition) is 2. The van der Waals surface area contributed by atoms with Gasteiger partial charge in [0.05, 0.1) is 5.69 Å². The predicted octanol–water partition coefficient (Wildman–Crippen LogP) is 4.25. The molecule has 0 unspecified atom stereocenters. The summed E-state index contributed by atoms with van der Waals surface area (Å²) in [6, 6.07) is 22.6. The minimum absolute atomic E-state index is 0.0344. The molecule has 0 saturated carbocycles. The van der Waals surface area contributed by atoms with Crippen molar-refractivity contribution < 1.29 is 19.2 Å². The SMILES string of the molecule is Cc1ccc(N2C(=O)NC(=O)/C(=C/c3cn(CC(=O)Nc4ccccc4)c4ccccc34)C2=O)cc1. The standard InChI is InChI=1S/C28H22N4O4/c1-18-11-13-21(14-12-18)32-27(35)23(26(34)30-28(32)36)15-19-16-31(24-10-6-5-9-22(19)24)17-25(33)29-20-7-3-2-4-8-20/h2-16H,17H2,1H3,(H,29,33)(H,30,34,36)/b23-15-. The second-order valence-corrected chi connectivity index (χ2v) is 8.44. The Hall–Kier alpha value is -4.98. The summed E-state index contributed by atoms with van der Waals surface area (Å²) in [7, 11) is 0. The fourth-order valence-electron chi connectivity index (χ4n) is 4.14. The van der Waals surface area contributed by atoms with E-state index in [0.29, 0.717) is 16.9 Å². The van der Waals surface area contributed by atoms with Crippen molar-refractivity contribution in [2.24, 2.45) is 0 Å². The molecule has 0 radical (unpaired) electrons. The molecule has 2 heterocycles. The second-order valence-electron chi connectivity index (χ2n) is 8.44. The number of amides is 5.